The Bertz CT molecular complexity index is 419. The van der Waals surface area contributed by atoms with Gasteiger partial charge in [0, 0.05) is 26.8 Å². The first-order chi connectivity index (χ1) is 9.24. The molecule has 0 bridgehead atoms. The number of methoxy groups -OCH3 is 2. The van der Waals surface area contributed by atoms with E-state index < -0.39 is 5.82 Å². The van der Waals surface area contributed by atoms with Crippen LogP contribution < -0.4 is 9.64 Å². The summed E-state index contributed by atoms with van der Waals surface area (Å²) in [6.45, 7) is 2.58. The van der Waals surface area contributed by atoms with Crippen LogP contribution in [0.25, 0.3) is 0 Å². The Morgan fingerprint density at radius 3 is 3.11 bits per heavy atom. The van der Waals surface area contributed by atoms with Crippen molar-refractivity contribution >= 4 is 5.95 Å². The van der Waals surface area contributed by atoms with Crippen molar-refractivity contribution in [3.8, 4) is 5.88 Å². The summed E-state index contributed by atoms with van der Waals surface area (Å²) in [4.78, 5) is 10.0. The van der Waals surface area contributed by atoms with Crippen molar-refractivity contribution in [2.24, 2.45) is 0 Å². The largest absolute Gasteiger partial charge is 0.479 e. The lowest BCUT2D eigenvalue weighted by molar-refractivity contribution is 0.0186. The third kappa shape index (κ3) is 3.51. The fourth-order valence-corrected chi connectivity index (χ4v) is 1.96. The smallest absolute Gasteiger partial charge is 0.255 e. The number of anilines is 1. The van der Waals surface area contributed by atoms with E-state index in [0.717, 1.165) is 12.6 Å². The van der Waals surface area contributed by atoms with Crippen LogP contribution in [0.15, 0.2) is 6.20 Å². The molecule has 0 unspecified atom stereocenters. The van der Waals surface area contributed by atoms with Crippen LogP contribution in [0.3, 0.4) is 0 Å². The number of nitrogens with zero attached hydrogens (tertiary/aromatic N) is 3. The van der Waals surface area contributed by atoms with Gasteiger partial charge in [0.1, 0.15) is 0 Å². The highest BCUT2D eigenvalue weighted by Gasteiger charge is 2.23. The third-order valence-electron chi connectivity index (χ3n) is 2.96. The molecule has 1 aromatic heterocycles. The first-order valence-electron chi connectivity index (χ1n) is 6.16. The predicted molar refractivity (Wildman–Crippen MR) is 67.0 cm³/mol. The molecule has 1 aromatic rings. The summed E-state index contributed by atoms with van der Waals surface area (Å²) < 4.78 is 28.8. The van der Waals surface area contributed by atoms with Crippen molar-refractivity contribution in [3.05, 3.63) is 12.0 Å². The zero-order valence-corrected chi connectivity index (χ0v) is 11.1. The number of hydrogen-bond acceptors (Lipinski definition) is 6. The molecule has 2 heterocycles. The summed E-state index contributed by atoms with van der Waals surface area (Å²) in [7, 11) is 3.05. The first kappa shape index (κ1) is 14.0. The highest BCUT2D eigenvalue weighted by molar-refractivity contribution is 5.33. The molecule has 0 radical (unpaired) electrons. The average molecular weight is 271 g/mol. The van der Waals surface area contributed by atoms with Gasteiger partial charge in [-0.25, -0.2) is 4.98 Å². The Kier molecular flexibility index (Phi) is 4.86. The average Bonchev–Trinajstić information content (AvgIpc) is 2.46. The fraction of sp³-hybridized carbons (Fsp3) is 0.667. The zero-order chi connectivity index (χ0) is 13.7. The van der Waals surface area contributed by atoms with Gasteiger partial charge < -0.3 is 19.1 Å². The number of rotatable bonds is 5. The molecule has 1 aliphatic heterocycles. The van der Waals surface area contributed by atoms with E-state index >= 15 is 0 Å². The van der Waals surface area contributed by atoms with Gasteiger partial charge in [0.2, 0.25) is 11.8 Å². The van der Waals surface area contributed by atoms with Gasteiger partial charge in [-0.3, -0.25) is 0 Å². The van der Waals surface area contributed by atoms with Crippen LogP contribution in [0.2, 0.25) is 0 Å². The van der Waals surface area contributed by atoms with Gasteiger partial charge in [-0.1, -0.05) is 0 Å². The van der Waals surface area contributed by atoms with Crippen LogP contribution in [0.4, 0.5) is 10.3 Å². The lowest BCUT2D eigenvalue weighted by Gasteiger charge is -2.32. The van der Waals surface area contributed by atoms with Crippen molar-refractivity contribution in [1.29, 1.82) is 0 Å². The van der Waals surface area contributed by atoms with E-state index in [-0.39, 0.29) is 12.0 Å². The maximum atomic E-state index is 13.3. The molecule has 0 amide bonds. The molecule has 1 saturated heterocycles. The van der Waals surface area contributed by atoms with Gasteiger partial charge in [-0.05, 0) is 6.42 Å². The second-order valence-corrected chi connectivity index (χ2v) is 4.25. The van der Waals surface area contributed by atoms with E-state index in [0.29, 0.717) is 32.3 Å². The molecule has 0 saturated carbocycles. The Morgan fingerprint density at radius 2 is 2.37 bits per heavy atom. The first-order valence-corrected chi connectivity index (χ1v) is 6.16. The Labute approximate surface area is 111 Å². The Hall–Kier alpha value is -1.47. The molecule has 2 rings (SSSR count). The van der Waals surface area contributed by atoms with Gasteiger partial charge in [0.25, 0.3) is 5.88 Å². The highest BCUT2D eigenvalue weighted by atomic mass is 19.1. The second kappa shape index (κ2) is 6.63. The third-order valence-corrected chi connectivity index (χ3v) is 2.96. The van der Waals surface area contributed by atoms with Crippen molar-refractivity contribution < 1.29 is 18.6 Å². The van der Waals surface area contributed by atoms with E-state index in [2.05, 4.69) is 9.97 Å². The number of hydrogen-bond donors (Lipinski definition) is 0. The molecule has 7 heteroatoms. The molecule has 1 atom stereocenters. The Balaban J connectivity index is 2.04. The molecule has 0 spiro atoms. The molecule has 1 fully saturated rings. The minimum atomic E-state index is -0.560. The van der Waals surface area contributed by atoms with Crippen LogP contribution in [0.1, 0.15) is 6.42 Å². The quantitative estimate of drug-likeness (QED) is 0.792. The van der Waals surface area contributed by atoms with E-state index in [1.54, 1.807) is 7.11 Å². The molecule has 19 heavy (non-hydrogen) atoms. The molecule has 6 nitrogen and oxygen atoms in total. The topological polar surface area (TPSA) is 56.7 Å². The van der Waals surface area contributed by atoms with Crippen molar-refractivity contribution in [2.45, 2.75) is 12.5 Å². The van der Waals surface area contributed by atoms with Crippen LogP contribution in [0.5, 0.6) is 5.88 Å². The fourth-order valence-electron chi connectivity index (χ4n) is 1.96. The summed E-state index contributed by atoms with van der Waals surface area (Å²) >= 11 is 0. The Morgan fingerprint density at radius 1 is 1.53 bits per heavy atom. The van der Waals surface area contributed by atoms with Crippen molar-refractivity contribution in [1.82, 2.24) is 9.97 Å². The van der Waals surface area contributed by atoms with E-state index in [1.807, 2.05) is 4.90 Å². The van der Waals surface area contributed by atoms with Gasteiger partial charge in [0.15, 0.2) is 0 Å². The number of aromatic nitrogens is 2. The summed E-state index contributed by atoms with van der Waals surface area (Å²) in [5.41, 5.74) is 0. The minimum absolute atomic E-state index is 0.0371. The minimum Gasteiger partial charge on any atom is -0.479 e. The van der Waals surface area contributed by atoms with Gasteiger partial charge >= 0.3 is 0 Å². The van der Waals surface area contributed by atoms with Gasteiger partial charge in [0.05, 0.1) is 26.0 Å². The van der Waals surface area contributed by atoms with Crippen LogP contribution in [0, 0.1) is 5.82 Å². The molecular weight excluding hydrogens is 253 g/mol. The lowest BCUT2D eigenvalue weighted by Crippen LogP contribution is -2.43. The van der Waals surface area contributed by atoms with E-state index in [9.17, 15) is 4.39 Å². The maximum absolute atomic E-state index is 13.3. The van der Waals surface area contributed by atoms with Crippen molar-refractivity contribution in [2.75, 3.05) is 45.4 Å². The standard InChI is InChI=1S/C12H18FN3O3/c1-17-5-3-9-8-16(4-6-19-9)12-14-7-10(13)11(15-12)18-2/h7,9H,3-6,8H2,1-2H3/t9-/m1/s1. The number of halogens is 1. The monoisotopic (exact) mass is 271 g/mol. The summed E-state index contributed by atoms with van der Waals surface area (Å²) in [6, 6.07) is 0. The maximum Gasteiger partial charge on any atom is 0.255 e. The molecular formula is C12H18FN3O3. The lowest BCUT2D eigenvalue weighted by atomic mass is 10.2. The van der Waals surface area contributed by atoms with Crippen LogP contribution in [-0.4, -0.2) is 56.6 Å². The molecule has 0 aromatic carbocycles. The number of ether oxygens (including phenoxy) is 3. The van der Waals surface area contributed by atoms with E-state index in [4.69, 9.17) is 14.2 Å². The van der Waals surface area contributed by atoms with Crippen LogP contribution in [-0.2, 0) is 9.47 Å². The van der Waals surface area contributed by atoms with Gasteiger partial charge in [-0.15, -0.1) is 0 Å². The molecule has 1 aliphatic rings. The summed E-state index contributed by atoms with van der Waals surface area (Å²) in [6.07, 6.45) is 2.01. The molecule has 106 valence electrons. The molecule has 0 aliphatic carbocycles. The summed E-state index contributed by atoms with van der Waals surface area (Å²) in [5.74, 6) is -0.135. The molecule has 0 N–H and O–H groups in total. The number of morpholine rings is 1. The van der Waals surface area contributed by atoms with E-state index in [1.165, 1.54) is 7.11 Å². The predicted octanol–water partition coefficient (Wildman–Crippen LogP) is 0.866. The summed E-state index contributed by atoms with van der Waals surface area (Å²) in [5, 5.41) is 0. The SMILES string of the molecule is COCC[C@@H]1CN(c2ncc(F)c(OC)n2)CCO1. The van der Waals surface area contributed by atoms with Crippen molar-refractivity contribution in [3.63, 3.8) is 0 Å². The second-order valence-electron chi connectivity index (χ2n) is 4.25. The zero-order valence-electron chi connectivity index (χ0n) is 11.1. The highest BCUT2D eigenvalue weighted by Crippen LogP contribution is 2.19. The van der Waals surface area contributed by atoms with Gasteiger partial charge in [-0.2, -0.15) is 9.37 Å². The van der Waals surface area contributed by atoms with Crippen LogP contribution >= 0.6 is 0 Å². The normalized spacial score (nSPS) is 19.5.